The predicted octanol–water partition coefficient (Wildman–Crippen LogP) is -0.160. The van der Waals surface area contributed by atoms with Gasteiger partial charge in [-0.25, -0.2) is 8.42 Å². The van der Waals surface area contributed by atoms with Gasteiger partial charge in [-0.05, 0) is 19.5 Å². The van der Waals surface area contributed by atoms with Gasteiger partial charge in [-0.1, -0.05) is 25.1 Å². The van der Waals surface area contributed by atoms with Crippen LogP contribution in [0.4, 0.5) is 8.78 Å². The molecule has 1 atom stereocenters. The van der Waals surface area contributed by atoms with Gasteiger partial charge in [0.25, 0.3) is 5.91 Å². The van der Waals surface area contributed by atoms with Gasteiger partial charge in [0.1, 0.15) is 5.75 Å². The zero-order valence-corrected chi connectivity index (χ0v) is 21.3. The Kier molecular flexibility index (Phi) is 10.5. The number of alkyl halides is 2. The predicted molar refractivity (Wildman–Crippen MR) is 126 cm³/mol. The highest BCUT2D eigenvalue weighted by molar-refractivity contribution is 7.90. The molecule has 0 aliphatic carbocycles. The molecule has 11 nitrogen and oxygen atoms in total. The second-order valence-electron chi connectivity index (χ2n) is 8.04. The lowest BCUT2D eigenvalue weighted by Crippen LogP contribution is -2.56. The van der Waals surface area contributed by atoms with Crippen molar-refractivity contribution < 1.29 is 44.7 Å². The number of nitrogens with zero attached hydrogens (tertiary/aromatic N) is 2. The van der Waals surface area contributed by atoms with Gasteiger partial charge in [-0.2, -0.15) is 17.2 Å². The Morgan fingerprint density at radius 2 is 1.83 bits per heavy atom. The smallest absolute Gasteiger partial charge is 0.387 e. The number of nitrogens with one attached hydrogen (secondary N) is 1. The van der Waals surface area contributed by atoms with E-state index in [1.54, 1.807) is 11.9 Å². The van der Waals surface area contributed by atoms with Crippen molar-refractivity contribution in [2.75, 3.05) is 32.4 Å². The number of likely N-dealkylation sites (N-methyl/N-ethyl adjacent to an activating group) is 1. The van der Waals surface area contributed by atoms with E-state index in [-0.39, 0.29) is 35.8 Å². The van der Waals surface area contributed by atoms with Gasteiger partial charge >= 0.3 is 6.61 Å². The second-order valence-corrected chi connectivity index (χ2v) is 11.2. The van der Waals surface area contributed by atoms with Crippen LogP contribution in [0.2, 0.25) is 0 Å². The molecule has 0 radical (unpaired) electrons. The number of Topliss-reactive ketones (excluding diaryl/α,β-unsaturated/α-hetero) is 1. The fourth-order valence-electron chi connectivity index (χ4n) is 3.44. The normalized spacial score (nSPS) is 15.5. The van der Waals surface area contributed by atoms with E-state index >= 15 is 0 Å². The van der Waals surface area contributed by atoms with Crippen LogP contribution in [0.5, 0.6) is 5.75 Å². The number of amides is 2. The third-order valence-corrected chi connectivity index (χ3v) is 7.64. The largest absolute Gasteiger partial charge is 0.435 e. The molecule has 2 amide bonds. The highest BCUT2D eigenvalue weighted by Crippen LogP contribution is 2.23. The molecular formula is C21H27F2N3O8S2. The summed E-state index contributed by atoms with van der Waals surface area (Å²) < 4.78 is 77.3. The zero-order valence-electron chi connectivity index (χ0n) is 19.6. The summed E-state index contributed by atoms with van der Waals surface area (Å²) in [5.74, 6) is -4.52. The van der Waals surface area contributed by atoms with E-state index in [2.05, 4.69) is 10.1 Å². The Hall–Kier alpha value is -2.91. The molecule has 36 heavy (non-hydrogen) atoms. The Bertz CT molecular complexity index is 1230. The number of para-hydroxylation sites is 1. The molecule has 0 spiro atoms. The first-order chi connectivity index (χ1) is 16.8. The SMILES string of the molecule is CCC(NC(=O)CCS(=O)(=O)Cc1ccccc1OC(F)F)C(=O)C(=O)N1CCN(C)CC1=S(=O)=O. The van der Waals surface area contributed by atoms with E-state index in [9.17, 15) is 40.0 Å². The summed E-state index contributed by atoms with van der Waals surface area (Å²) in [7, 11) is -5.00. The molecule has 2 rings (SSSR count). The first kappa shape index (κ1) is 29.3. The number of hydrogen-bond donors (Lipinski definition) is 1. The molecule has 1 N–H and O–H groups in total. The van der Waals surface area contributed by atoms with Crippen molar-refractivity contribution in [3.8, 4) is 5.75 Å². The minimum absolute atomic E-state index is 0.000378. The fourth-order valence-corrected chi connectivity index (χ4v) is 5.47. The van der Waals surface area contributed by atoms with Gasteiger partial charge < -0.3 is 10.1 Å². The quantitative estimate of drug-likeness (QED) is 0.293. The molecule has 1 aliphatic rings. The monoisotopic (exact) mass is 551 g/mol. The first-order valence-electron chi connectivity index (χ1n) is 10.9. The van der Waals surface area contributed by atoms with E-state index in [0.29, 0.717) is 6.54 Å². The zero-order chi connectivity index (χ0) is 27.0. The maximum atomic E-state index is 12.7. The molecule has 1 aliphatic heterocycles. The van der Waals surface area contributed by atoms with Crippen LogP contribution >= 0.6 is 0 Å². The van der Waals surface area contributed by atoms with Crippen LogP contribution in [-0.4, -0.2) is 94.3 Å². The lowest BCUT2D eigenvalue weighted by Gasteiger charge is -2.32. The van der Waals surface area contributed by atoms with Gasteiger partial charge in [0.05, 0.1) is 24.1 Å². The second kappa shape index (κ2) is 12.9. The highest BCUT2D eigenvalue weighted by atomic mass is 32.2. The number of rotatable bonds is 11. The van der Waals surface area contributed by atoms with Crippen LogP contribution < -0.4 is 10.1 Å². The molecule has 1 fully saturated rings. The Morgan fingerprint density at radius 3 is 2.44 bits per heavy atom. The highest BCUT2D eigenvalue weighted by Gasteiger charge is 2.34. The van der Waals surface area contributed by atoms with Crippen LogP contribution in [0, 0.1) is 0 Å². The lowest BCUT2D eigenvalue weighted by molar-refractivity contribution is -0.144. The maximum Gasteiger partial charge on any atom is 0.387 e. The lowest BCUT2D eigenvalue weighted by atomic mass is 10.1. The summed E-state index contributed by atoms with van der Waals surface area (Å²) in [5, 5.41) is 2.32. The first-order valence-corrected chi connectivity index (χ1v) is 13.8. The van der Waals surface area contributed by atoms with Crippen molar-refractivity contribution in [2.45, 2.75) is 38.2 Å². The molecule has 1 unspecified atom stereocenters. The van der Waals surface area contributed by atoms with Crippen molar-refractivity contribution in [1.82, 2.24) is 15.1 Å². The van der Waals surface area contributed by atoms with E-state index in [1.165, 1.54) is 31.2 Å². The number of carbonyl (C=O) groups is 3. The summed E-state index contributed by atoms with van der Waals surface area (Å²) in [4.78, 5) is 40.0. The van der Waals surface area contributed by atoms with Crippen LogP contribution in [0.15, 0.2) is 24.3 Å². The van der Waals surface area contributed by atoms with Crippen LogP contribution in [0.3, 0.4) is 0 Å². The molecule has 1 heterocycles. The minimum Gasteiger partial charge on any atom is -0.435 e. The molecule has 15 heteroatoms. The minimum atomic E-state index is -3.93. The van der Waals surface area contributed by atoms with Gasteiger partial charge in [0, 0.05) is 25.1 Å². The van der Waals surface area contributed by atoms with Gasteiger partial charge in [-0.3, -0.25) is 24.2 Å². The third kappa shape index (κ3) is 8.34. The van der Waals surface area contributed by atoms with E-state index in [4.69, 9.17) is 0 Å². The molecule has 0 saturated carbocycles. The van der Waals surface area contributed by atoms with Crippen LogP contribution in [-0.2, 0) is 40.3 Å². The molecular weight excluding hydrogens is 524 g/mol. The number of sulfone groups is 1. The summed E-state index contributed by atoms with van der Waals surface area (Å²) in [6.07, 6.45) is -0.542. The van der Waals surface area contributed by atoms with E-state index in [0.717, 1.165) is 4.90 Å². The average molecular weight is 552 g/mol. The molecule has 1 aromatic carbocycles. The number of halogens is 2. The summed E-state index contributed by atoms with van der Waals surface area (Å²) in [6.45, 7) is -1.36. The Balaban J connectivity index is 2.01. The van der Waals surface area contributed by atoms with Crippen molar-refractivity contribution >= 4 is 42.7 Å². The maximum absolute atomic E-state index is 12.7. The molecule has 1 aromatic rings. The average Bonchev–Trinajstić information content (AvgIpc) is 2.81. The van der Waals surface area contributed by atoms with Crippen molar-refractivity contribution in [2.24, 2.45) is 0 Å². The molecule has 200 valence electrons. The van der Waals surface area contributed by atoms with Crippen LogP contribution in [0.25, 0.3) is 0 Å². The topological polar surface area (TPSA) is 147 Å². The third-order valence-electron chi connectivity index (χ3n) is 5.32. The number of carbonyl (C=O) groups excluding carboxylic acids is 3. The van der Waals surface area contributed by atoms with Crippen molar-refractivity contribution in [1.29, 1.82) is 0 Å². The number of benzene rings is 1. The summed E-state index contributed by atoms with van der Waals surface area (Å²) in [6, 6.07) is 4.08. The summed E-state index contributed by atoms with van der Waals surface area (Å²) >= 11 is 0. The van der Waals surface area contributed by atoms with Crippen molar-refractivity contribution in [3.63, 3.8) is 0 Å². The summed E-state index contributed by atoms with van der Waals surface area (Å²) in [5.41, 5.74) is 0.000378. The molecule has 1 saturated heterocycles. The molecule has 0 bridgehead atoms. The number of hydrogen-bond acceptors (Lipinski definition) is 9. The number of ether oxygens (including phenoxy) is 1. The standard InChI is InChI=1S/C21H27F2N3O8S2/c1-3-15(19(28)20(29)26-10-9-25(2)12-18(26)35(30)31)24-17(27)8-11-36(32,33)13-14-6-4-5-7-16(14)34-21(22)23/h4-7,15,21H,3,8-13H2,1-2H3,(H,24,27). The van der Waals surface area contributed by atoms with Gasteiger partial charge in [0.2, 0.25) is 22.0 Å². The number of ketones is 1. The fraction of sp³-hybridized carbons (Fsp3) is 0.524. The van der Waals surface area contributed by atoms with E-state index < -0.39 is 68.3 Å². The van der Waals surface area contributed by atoms with Crippen molar-refractivity contribution in [3.05, 3.63) is 29.8 Å². The Labute approximate surface area is 208 Å². The Morgan fingerprint density at radius 1 is 1.17 bits per heavy atom. The number of piperazine rings is 1. The van der Waals surface area contributed by atoms with Gasteiger partial charge in [0.15, 0.2) is 14.8 Å². The molecule has 0 aromatic heterocycles. The van der Waals surface area contributed by atoms with E-state index in [1.807, 2.05) is 0 Å². The van der Waals surface area contributed by atoms with Gasteiger partial charge in [-0.15, -0.1) is 0 Å². The van der Waals surface area contributed by atoms with Crippen LogP contribution in [0.1, 0.15) is 25.3 Å².